The summed E-state index contributed by atoms with van der Waals surface area (Å²) in [5, 5.41) is 7.08. The number of rotatable bonds is 7. The Kier molecular flexibility index (Phi) is 6.56. The van der Waals surface area contributed by atoms with Crippen LogP contribution in [0.4, 0.5) is 4.79 Å². The summed E-state index contributed by atoms with van der Waals surface area (Å²) in [4.78, 5) is 36.8. The van der Waals surface area contributed by atoms with E-state index >= 15 is 0 Å². The van der Waals surface area contributed by atoms with Crippen LogP contribution in [0, 0.1) is 0 Å². The fourth-order valence-corrected chi connectivity index (χ4v) is 3.43. The number of carbonyl (C=O) groups excluding carboxylic acids is 3. The molecule has 0 unspecified atom stereocenters. The van der Waals surface area contributed by atoms with E-state index in [0.29, 0.717) is 17.0 Å². The van der Waals surface area contributed by atoms with Crippen molar-refractivity contribution in [3.63, 3.8) is 0 Å². The summed E-state index contributed by atoms with van der Waals surface area (Å²) in [6, 6.07) is 9.82. The molecule has 0 aliphatic carbocycles. The molecule has 1 atom stereocenters. The zero-order valence-corrected chi connectivity index (χ0v) is 17.1. The summed E-state index contributed by atoms with van der Waals surface area (Å²) in [7, 11) is 0. The average molecular weight is 412 g/mol. The first kappa shape index (κ1) is 21.2. The fraction of sp³-hybridized carbons (Fsp3) is 0.318. The Balaban J connectivity index is 2.14. The van der Waals surface area contributed by atoms with Crippen LogP contribution in [0.1, 0.15) is 32.4 Å². The number of ether oxygens (including phenoxy) is 3. The monoisotopic (exact) mass is 412 g/mol. The third kappa shape index (κ3) is 4.37. The lowest BCUT2D eigenvalue weighted by atomic mass is 9.90. The molecule has 3 rings (SSSR count). The molecule has 2 aromatic carbocycles. The van der Waals surface area contributed by atoms with Gasteiger partial charge in [0.05, 0.1) is 24.8 Å². The van der Waals surface area contributed by atoms with Crippen LogP contribution in [0.15, 0.2) is 47.7 Å². The van der Waals surface area contributed by atoms with Crippen LogP contribution in [-0.4, -0.2) is 37.8 Å². The van der Waals surface area contributed by atoms with Crippen molar-refractivity contribution >= 4 is 28.7 Å². The number of esters is 2. The van der Waals surface area contributed by atoms with Crippen LogP contribution in [-0.2, 0) is 19.1 Å². The Labute approximate surface area is 174 Å². The summed E-state index contributed by atoms with van der Waals surface area (Å²) >= 11 is 0. The van der Waals surface area contributed by atoms with Crippen molar-refractivity contribution in [1.82, 2.24) is 10.6 Å². The summed E-state index contributed by atoms with van der Waals surface area (Å²) < 4.78 is 15.9. The van der Waals surface area contributed by atoms with E-state index in [1.54, 1.807) is 26.8 Å². The highest BCUT2D eigenvalue weighted by Crippen LogP contribution is 2.38. The molecule has 1 heterocycles. The van der Waals surface area contributed by atoms with Crippen LogP contribution >= 0.6 is 0 Å². The van der Waals surface area contributed by atoms with Crippen LogP contribution in [0.2, 0.25) is 0 Å². The number of benzene rings is 2. The molecule has 1 aliphatic rings. The van der Waals surface area contributed by atoms with Crippen molar-refractivity contribution < 1.29 is 28.6 Å². The van der Waals surface area contributed by atoms with Crippen LogP contribution in [0.5, 0.6) is 5.75 Å². The molecule has 0 saturated carbocycles. The lowest BCUT2D eigenvalue weighted by Gasteiger charge is -2.30. The number of hydrogen-bond acceptors (Lipinski definition) is 6. The van der Waals surface area contributed by atoms with Gasteiger partial charge < -0.3 is 24.8 Å². The third-order valence-corrected chi connectivity index (χ3v) is 4.63. The topological polar surface area (TPSA) is 103 Å². The van der Waals surface area contributed by atoms with Gasteiger partial charge in [0.15, 0.2) is 6.61 Å². The normalized spacial score (nSPS) is 16.0. The molecule has 0 saturated heterocycles. The van der Waals surface area contributed by atoms with Crippen molar-refractivity contribution in [2.75, 3.05) is 19.8 Å². The second-order valence-corrected chi connectivity index (χ2v) is 6.58. The minimum absolute atomic E-state index is 0.192. The second-order valence-electron chi connectivity index (χ2n) is 6.58. The third-order valence-electron chi connectivity index (χ3n) is 4.63. The standard InChI is InChI=1S/C22H24N2O6/c1-4-28-17(25)12-30-16-11-10-14-8-6-7-9-15(14)19(16)20-18(21(26)29-5-2)13(3)23-22(27)24-20/h6-11,20H,4-5,12H2,1-3H3,(H2,23,24,27)/t20-/m0/s1. The van der Waals surface area contributed by atoms with Gasteiger partial charge in [-0.25, -0.2) is 14.4 Å². The van der Waals surface area contributed by atoms with Gasteiger partial charge in [-0.2, -0.15) is 0 Å². The summed E-state index contributed by atoms with van der Waals surface area (Å²) in [6.07, 6.45) is 0. The number of allylic oxidation sites excluding steroid dienone is 1. The molecule has 158 valence electrons. The molecule has 2 aromatic rings. The Hall–Kier alpha value is -3.55. The fourth-order valence-electron chi connectivity index (χ4n) is 3.43. The predicted octanol–water partition coefficient (Wildman–Crippen LogP) is 2.97. The van der Waals surface area contributed by atoms with E-state index < -0.39 is 24.0 Å². The van der Waals surface area contributed by atoms with Crippen LogP contribution in [0.25, 0.3) is 10.8 Å². The highest BCUT2D eigenvalue weighted by molar-refractivity contribution is 5.98. The van der Waals surface area contributed by atoms with E-state index in [2.05, 4.69) is 10.6 Å². The van der Waals surface area contributed by atoms with Gasteiger partial charge in [0, 0.05) is 11.3 Å². The van der Waals surface area contributed by atoms with Crippen molar-refractivity contribution in [2.24, 2.45) is 0 Å². The molecule has 0 spiro atoms. The lowest BCUT2D eigenvalue weighted by Crippen LogP contribution is -2.45. The Morgan fingerprint density at radius 1 is 1.03 bits per heavy atom. The molecule has 1 aliphatic heterocycles. The van der Waals surface area contributed by atoms with Crippen molar-refractivity contribution in [1.29, 1.82) is 0 Å². The van der Waals surface area contributed by atoms with E-state index in [1.165, 1.54) is 0 Å². The lowest BCUT2D eigenvalue weighted by molar-refractivity contribution is -0.145. The second kappa shape index (κ2) is 9.30. The maximum absolute atomic E-state index is 12.7. The molecule has 0 aromatic heterocycles. The van der Waals surface area contributed by atoms with E-state index in [1.807, 2.05) is 30.3 Å². The summed E-state index contributed by atoms with van der Waals surface area (Å²) in [5.74, 6) is -0.691. The zero-order chi connectivity index (χ0) is 21.7. The molecule has 0 bridgehead atoms. The number of amides is 2. The molecular formula is C22H24N2O6. The van der Waals surface area contributed by atoms with Gasteiger partial charge in [0.1, 0.15) is 5.75 Å². The Morgan fingerprint density at radius 3 is 2.50 bits per heavy atom. The largest absolute Gasteiger partial charge is 0.482 e. The van der Waals surface area contributed by atoms with Crippen LogP contribution < -0.4 is 15.4 Å². The average Bonchev–Trinajstić information content (AvgIpc) is 2.71. The summed E-state index contributed by atoms with van der Waals surface area (Å²) in [6.45, 7) is 5.20. The maximum Gasteiger partial charge on any atom is 0.344 e. The number of fused-ring (bicyclic) bond motifs is 1. The minimum Gasteiger partial charge on any atom is -0.482 e. The predicted molar refractivity (Wildman–Crippen MR) is 110 cm³/mol. The molecule has 0 radical (unpaired) electrons. The molecule has 8 nitrogen and oxygen atoms in total. The van der Waals surface area contributed by atoms with Crippen molar-refractivity contribution in [3.8, 4) is 5.75 Å². The van der Waals surface area contributed by atoms with Gasteiger partial charge in [-0.1, -0.05) is 30.3 Å². The minimum atomic E-state index is -0.818. The molecule has 2 N–H and O–H groups in total. The van der Waals surface area contributed by atoms with Crippen molar-refractivity contribution in [2.45, 2.75) is 26.8 Å². The number of carbonyl (C=O) groups is 3. The highest BCUT2D eigenvalue weighted by Gasteiger charge is 2.35. The van der Waals surface area contributed by atoms with E-state index in [4.69, 9.17) is 14.2 Å². The van der Waals surface area contributed by atoms with Gasteiger partial charge >= 0.3 is 18.0 Å². The molecule has 0 fully saturated rings. The zero-order valence-electron chi connectivity index (χ0n) is 17.1. The van der Waals surface area contributed by atoms with Crippen molar-refractivity contribution in [3.05, 3.63) is 53.2 Å². The van der Waals surface area contributed by atoms with E-state index in [0.717, 1.165) is 10.8 Å². The number of hydrogen-bond donors (Lipinski definition) is 2. The smallest absolute Gasteiger partial charge is 0.344 e. The van der Waals surface area contributed by atoms with Gasteiger partial charge in [0.25, 0.3) is 0 Å². The van der Waals surface area contributed by atoms with Gasteiger partial charge in [0.2, 0.25) is 0 Å². The molecule has 8 heteroatoms. The summed E-state index contributed by atoms with van der Waals surface area (Å²) in [5.41, 5.74) is 1.23. The van der Waals surface area contributed by atoms with E-state index in [-0.39, 0.29) is 25.4 Å². The SMILES string of the molecule is CCOC(=O)COc1ccc2ccccc2c1[C@H]1NC(=O)NC(C)=C1C(=O)OCC. The van der Waals surface area contributed by atoms with Gasteiger partial charge in [-0.3, -0.25) is 0 Å². The first-order chi connectivity index (χ1) is 14.5. The molecular weight excluding hydrogens is 388 g/mol. The number of nitrogens with one attached hydrogen (secondary N) is 2. The Bertz CT molecular complexity index is 1010. The first-order valence-corrected chi connectivity index (χ1v) is 9.71. The molecule has 30 heavy (non-hydrogen) atoms. The quantitative estimate of drug-likeness (QED) is 0.678. The van der Waals surface area contributed by atoms with E-state index in [9.17, 15) is 14.4 Å². The van der Waals surface area contributed by atoms with Crippen LogP contribution in [0.3, 0.4) is 0 Å². The highest BCUT2D eigenvalue weighted by atomic mass is 16.6. The maximum atomic E-state index is 12.7. The number of urea groups is 1. The molecule has 2 amide bonds. The Morgan fingerprint density at radius 2 is 1.77 bits per heavy atom. The van der Waals surface area contributed by atoms with Gasteiger partial charge in [-0.15, -0.1) is 0 Å². The van der Waals surface area contributed by atoms with Gasteiger partial charge in [-0.05, 0) is 37.6 Å². The first-order valence-electron chi connectivity index (χ1n) is 9.71.